The van der Waals surface area contributed by atoms with E-state index in [2.05, 4.69) is 11.7 Å². The van der Waals surface area contributed by atoms with Crippen LogP contribution >= 0.6 is 0 Å². The Morgan fingerprint density at radius 3 is 2.89 bits per heavy atom. The SMILES string of the molecule is CCCCOCOC=O. The van der Waals surface area contributed by atoms with Crippen molar-refractivity contribution in [2.75, 3.05) is 13.4 Å². The number of unbranched alkanes of at least 4 members (excludes halogenated alkanes) is 1. The van der Waals surface area contributed by atoms with Crippen LogP contribution in [0, 0.1) is 0 Å². The second kappa shape index (κ2) is 7.43. The molecule has 0 rings (SSSR count). The third-order valence-corrected chi connectivity index (χ3v) is 0.862. The lowest BCUT2D eigenvalue weighted by Gasteiger charge is -1.98. The number of carbonyl (C=O) groups is 1. The molecule has 0 radical (unpaired) electrons. The topological polar surface area (TPSA) is 35.5 Å². The maximum Gasteiger partial charge on any atom is 0.295 e. The molecule has 0 saturated carbocycles. The van der Waals surface area contributed by atoms with Gasteiger partial charge in [-0.3, -0.25) is 4.79 Å². The van der Waals surface area contributed by atoms with E-state index in [1.807, 2.05) is 0 Å². The Balaban J connectivity index is 2.66. The number of rotatable bonds is 6. The van der Waals surface area contributed by atoms with E-state index in [0.717, 1.165) is 12.8 Å². The molecule has 0 unspecified atom stereocenters. The molecule has 0 aromatic carbocycles. The zero-order valence-electron chi connectivity index (χ0n) is 5.63. The van der Waals surface area contributed by atoms with E-state index < -0.39 is 0 Å². The zero-order valence-corrected chi connectivity index (χ0v) is 5.63. The van der Waals surface area contributed by atoms with Gasteiger partial charge >= 0.3 is 0 Å². The summed E-state index contributed by atoms with van der Waals surface area (Å²) in [4.78, 5) is 9.54. The average Bonchev–Trinajstić information content (AvgIpc) is 1.89. The summed E-state index contributed by atoms with van der Waals surface area (Å²) in [5, 5.41) is 0. The summed E-state index contributed by atoms with van der Waals surface area (Å²) in [5.41, 5.74) is 0. The van der Waals surface area contributed by atoms with Crippen molar-refractivity contribution >= 4 is 6.47 Å². The van der Waals surface area contributed by atoms with Crippen LogP contribution in [-0.4, -0.2) is 19.9 Å². The number of hydrogen-bond donors (Lipinski definition) is 0. The fraction of sp³-hybridized carbons (Fsp3) is 0.833. The predicted octanol–water partition coefficient (Wildman–Crippen LogP) is 0.934. The van der Waals surface area contributed by atoms with Crippen molar-refractivity contribution in [3.05, 3.63) is 0 Å². The molecule has 54 valence electrons. The van der Waals surface area contributed by atoms with Crippen LogP contribution in [0.3, 0.4) is 0 Å². The standard InChI is InChI=1S/C6H12O3/c1-2-3-4-8-6-9-5-7/h5H,2-4,6H2,1H3. The van der Waals surface area contributed by atoms with Crippen molar-refractivity contribution in [3.63, 3.8) is 0 Å². The maximum atomic E-state index is 9.54. The van der Waals surface area contributed by atoms with Crippen molar-refractivity contribution in [2.24, 2.45) is 0 Å². The van der Waals surface area contributed by atoms with Crippen LogP contribution in [0.4, 0.5) is 0 Å². The zero-order chi connectivity index (χ0) is 6.95. The lowest BCUT2D eigenvalue weighted by Crippen LogP contribution is -1.99. The highest BCUT2D eigenvalue weighted by Crippen LogP contribution is 1.86. The van der Waals surface area contributed by atoms with E-state index in [-0.39, 0.29) is 6.79 Å². The first-order valence-electron chi connectivity index (χ1n) is 3.04. The van der Waals surface area contributed by atoms with Gasteiger partial charge in [-0.2, -0.15) is 0 Å². The minimum atomic E-state index is 0.0868. The van der Waals surface area contributed by atoms with E-state index in [0.29, 0.717) is 13.1 Å². The molecule has 0 atom stereocenters. The second-order valence-corrected chi connectivity index (χ2v) is 1.64. The Morgan fingerprint density at radius 2 is 2.33 bits per heavy atom. The highest BCUT2D eigenvalue weighted by Gasteiger charge is 1.83. The van der Waals surface area contributed by atoms with Crippen molar-refractivity contribution in [1.29, 1.82) is 0 Å². The van der Waals surface area contributed by atoms with E-state index in [4.69, 9.17) is 4.74 Å². The minimum Gasteiger partial charge on any atom is -0.441 e. The molecule has 0 aromatic heterocycles. The molecule has 0 fully saturated rings. The normalized spacial score (nSPS) is 9.00. The smallest absolute Gasteiger partial charge is 0.295 e. The molecule has 0 aromatic rings. The fourth-order valence-electron chi connectivity index (χ4n) is 0.381. The molecule has 3 nitrogen and oxygen atoms in total. The van der Waals surface area contributed by atoms with Crippen molar-refractivity contribution in [3.8, 4) is 0 Å². The van der Waals surface area contributed by atoms with Gasteiger partial charge < -0.3 is 9.47 Å². The van der Waals surface area contributed by atoms with Crippen LogP contribution in [0.1, 0.15) is 19.8 Å². The Bertz CT molecular complexity index is 63.3. The number of ether oxygens (including phenoxy) is 2. The van der Waals surface area contributed by atoms with Gasteiger partial charge in [0.05, 0.1) is 6.61 Å². The summed E-state index contributed by atoms with van der Waals surface area (Å²) in [7, 11) is 0. The third kappa shape index (κ3) is 7.43. The average molecular weight is 132 g/mol. The lowest BCUT2D eigenvalue weighted by atomic mass is 10.4. The Morgan fingerprint density at radius 1 is 1.56 bits per heavy atom. The van der Waals surface area contributed by atoms with Crippen LogP contribution in [0.2, 0.25) is 0 Å². The van der Waals surface area contributed by atoms with Gasteiger partial charge in [-0.15, -0.1) is 0 Å². The van der Waals surface area contributed by atoms with Crippen LogP contribution < -0.4 is 0 Å². The van der Waals surface area contributed by atoms with E-state index >= 15 is 0 Å². The summed E-state index contributed by atoms with van der Waals surface area (Å²) in [5.74, 6) is 0. The van der Waals surface area contributed by atoms with Crippen LogP contribution in [0.25, 0.3) is 0 Å². The number of hydrogen-bond acceptors (Lipinski definition) is 3. The van der Waals surface area contributed by atoms with Gasteiger partial charge in [0.2, 0.25) is 0 Å². The molecule has 3 heteroatoms. The number of carbonyl (C=O) groups excluding carboxylic acids is 1. The summed E-state index contributed by atoms with van der Waals surface area (Å²) >= 11 is 0. The molecule has 0 N–H and O–H groups in total. The molecule has 0 aliphatic rings. The summed E-state index contributed by atoms with van der Waals surface area (Å²) in [6.07, 6.45) is 2.11. The maximum absolute atomic E-state index is 9.54. The first kappa shape index (κ1) is 8.43. The molecule has 0 aliphatic carbocycles. The van der Waals surface area contributed by atoms with Crippen molar-refractivity contribution in [1.82, 2.24) is 0 Å². The molecule has 0 spiro atoms. The Hall–Kier alpha value is -0.570. The lowest BCUT2D eigenvalue weighted by molar-refractivity contribution is -0.140. The van der Waals surface area contributed by atoms with Gasteiger partial charge in [-0.25, -0.2) is 0 Å². The first-order valence-corrected chi connectivity index (χ1v) is 3.04. The summed E-state index contributed by atoms with van der Waals surface area (Å²) < 4.78 is 9.14. The summed E-state index contributed by atoms with van der Waals surface area (Å²) in [6.45, 7) is 3.21. The molecular formula is C6H12O3. The minimum absolute atomic E-state index is 0.0868. The van der Waals surface area contributed by atoms with Crippen LogP contribution in [-0.2, 0) is 14.3 Å². The molecule has 0 aliphatic heterocycles. The molecule has 0 amide bonds. The second-order valence-electron chi connectivity index (χ2n) is 1.64. The highest BCUT2D eigenvalue weighted by molar-refractivity contribution is 5.36. The molecule has 0 bridgehead atoms. The predicted molar refractivity (Wildman–Crippen MR) is 32.9 cm³/mol. The van der Waals surface area contributed by atoms with Gasteiger partial charge in [-0.05, 0) is 6.42 Å². The van der Waals surface area contributed by atoms with Gasteiger partial charge in [0.1, 0.15) is 0 Å². The van der Waals surface area contributed by atoms with Gasteiger partial charge in [0.15, 0.2) is 6.79 Å². The van der Waals surface area contributed by atoms with Crippen molar-refractivity contribution < 1.29 is 14.3 Å². The monoisotopic (exact) mass is 132 g/mol. The van der Waals surface area contributed by atoms with Gasteiger partial charge in [0, 0.05) is 0 Å². The quantitative estimate of drug-likeness (QED) is 0.306. The molecular weight excluding hydrogens is 120 g/mol. The Labute approximate surface area is 55.0 Å². The molecule has 0 saturated heterocycles. The van der Waals surface area contributed by atoms with Gasteiger partial charge in [-0.1, -0.05) is 13.3 Å². The summed E-state index contributed by atoms with van der Waals surface area (Å²) in [6, 6.07) is 0. The fourth-order valence-corrected chi connectivity index (χ4v) is 0.381. The van der Waals surface area contributed by atoms with Crippen LogP contribution in [0.5, 0.6) is 0 Å². The van der Waals surface area contributed by atoms with E-state index in [1.165, 1.54) is 0 Å². The van der Waals surface area contributed by atoms with Gasteiger partial charge in [0.25, 0.3) is 6.47 Å². The first-order chi connectivity index (χ1) is 4.41. The Kier molecular flexibility index (Phi) is 6.96. The molecule has 9 heavy (non-hydrogen) atoms. The highest BCUT2D eigenvalue weighted by atomic mass is 16.7. The third-order valence-electron chi connectivity index (χ3n) is 0.862. The van der Waals surface area contributed by atoms with Crippen LogP contribution in [0.15, 0.2) is 0 Å². The van der Waals surface area contributed by atoms with E-state index in [1.54, 1.807) is 0 Å². The molecule has 0 heterocycles. The van der Waals surface area contributed by atoms with E-state index in [9.17, 15) is 4.79 Å². The van der Waals surface area contributed by atoms with Crippen molar-refractivity contribution in [2.45, 2.75) is 19.8 Å². The largest absolute Gasteiger partial charge is 0.441 e.